The van der Waals surface area contributed by atoms with Crippen LogP contribution in [0.25, 0.3) is 17.1 Å². The average molecular weight is 361 g/mol. The number of fused-ring (bicyclic) bond motifs is 3. The largest absolute Gasteiger partial charge is 0.351 e. The number of rotatable bonds is 1. The van der Waals surface area contributed by atoms with Gasteiger partial charge in [0.1, 0.15) is 7.05 Å². The van der Waals surface area contributed by atoms with Crippen molar-refractivity contribution in [3.8, 4) is 17.1 Å². The second-order valence-electron chi connectivity index (χ2n) is 9.19. The molecule has 3 nitrogen and oxygen atoms in total. The third-order valence-corrected chi connectivity index (χ3v) is 6.74. The lowest BCUT2D eigenvalue weighted by Gasteiger charge is -2.44. The van der Waals surface area contributed by atoms with Crippen LogP contribution in [0.1, 0.15) is 55.8 Å². The molecular weight excluding hydrogens is 330 g/mol. The third kappa shape index (κ3) is 2.33. The molecule has 3 heteroatoms. The summed E-state index contributed by atoms with van der Waals surface area (Å²) in [5.74, 6) is 2.16. The normalized spacial score (nSPS) is 16.7. The first-order valence-electron chi connectivity index (χ1n) is 9.74. The van der Waals surface area contributed by atoms with Gasteiger partial charge in [-0.05, 0) is 74.0 Å². The molecule has 1 aliphatic heterocycles. The van der Waals surface area contributed by atoms with E-state index in [-0.39, 0.29) is 10.8 Å². The molecule has 2 heterocycles. The van der Waals surface area contributed by atoms with Gasteiger partial charge in [-0.1, -0.05) is 38.1 Å². The topological polar surface area (TPSA) is 21.7 Å². The predicted molar refractivity (Wildman–Crippen MR) is 110 cm³/mol. The minimum absolute atomic E-state index is 0.0114. The van der Waals surface area contributed by atoms with E-state index in [0.29, 0.717) is 0 Å². The highest BCUT2D eigenvalue weighted by Gasteiger charge is 2.53. The van der Waals surface area contributed by atoms with Gasteiger partial charge in [0.2, 0.25) is 0 Å². The fourth-order valence-electron chi connectivity index (χ4n) is 4.53. The first kappa shape index (κ1) is 18.0. The van der Waals surface area contributed by atoms with Gasteiger partial charge in [-0.3, -0.25) is 0 Å². The van der Waals surface area contributed by atoms with Crippen molar-refractivity contribution in [1.82, 2.24) is 9.67 Å². The van der Waals surface area contributed by atoms with E-state index in [1.54, 1.807) is 0 Å². The number of aryl methyl sites for hydroxylation is 3. The number of hydrogen-bond donors (Lipinski definition) is 0. The monoisotopic (exact) mass is 360 g/mol. The Bertz CT molecular complexity index is 1050. The predicted octanol–water partition coefficient (Wildman–Crippen LogP) is 4.86. The fourth-order valence-corrected chi connectivity index (χ4v) is 4.53. The van der Waals surface area contributed by atoms with E-state index >= 15 is 0 Å². The molecule has 140 valence electrons. The summed E-state index contributed by atoms with van der Waals surface area (Å²) in [6.07, 6.45) is 0. The van der Waals surface area contributed by atoms with E-state index in [0.717, 1.165) is 11.6 Å². The molecule has 0 bridgehead atoms. The molecular formula is C24H30N3+. The van der Waals surface area contributed by atoms with E-state index < -0.39 is 0 Å². The fraction of sp³-hybridized carbons (Fsp3) is 0.417. The molecule has 0 spiro atoms. The van der Waals surface area contributed by atoms with Crippen molar-refractivity contribution >= 4 is 0 Å². The molecule has 0 amide bonds. The second-order valence-corrected chi connectivity index (χ2v) is 9.19. The van der Waals surface area contributed by atoms with E-state index in [2.05, 4.69) is 101 Å². The highest BCUT2D eigenvalue weighted by Crippen LogP contribution is 2.49. The summed E-state index contributed by atoms with van der Waals surface area (Å²) in [6.45, 7) is 15.8. The standard InChI is InChI=1S/C24H30N3/c1-15-12-16(2)14-18(13-15)21-25-22-24(6,7)23(4,5)19-11-9-10-17(3)20(19)27(22)26(21)8/h9-14H,1-8H3/q+1. The Hall–Kier alpha value is -2.42. The highest BCUT2D eigenvalue weighted by molar-refractivity contribution is 5.59. The van der Waals surface area contributed by atoms with Crippen LogP contribution >= 0.6 is 0 Å². The molecule has 0 fully saturated rings. The molecule has 0 N–H and O–H groups in total. The Morgan fingerprint density at radius 3 is 2.15 bits per heavy atom. The molecule has 0 saturated heterocycles. The van der Waals surface area contributed by atoms with Crippen LogP contribution in [-0.4, -0.2) is 9.67 Å². The number of aromatic nitrogens is 3. The molecule has 4 rings (SSSR count). The lowest BCUT2D eigenvalue weighted by molar-refractivity contribution is -0.736. The minimum atomic E-state index is -0.0946. The Kier molecular flexibility index (Phi) is 3.69. The lowest BCUT2D eigenvalue weighted by Crippen LogP contribution is -2.51. The number of hydrogen-bond acceptors (Lipinski definition) is 1. The maximum atomic E-state index is 5.22. The first-order valence-corrected chi connectivity index (χ1v) is 9.74. The van der Waals surface area contributed by atoms with Crippen molar-refractivity contribution in [1.29, 1.82) is 0 Å². The van der Waals surface area contributed by atoms with Gasteiger partial charge < -0.3 is 0 Å². The van der Waals surface area contributed by atoms with Crippen molar-refractivity contribution in [2.24, 2.45) is 7.05 Å². The van der Waals surface area contributed by atoms with Gasteiger partial charge in [0.15, 0.2) is 0 Å². The SMILES string of the molecule is Cc1cc(C)cc(-c2nc3n([n+]2C)-c2c(C)cccc2C(C)(C)C3(C)C)c1. The van der Waals surface area contributed by atoms with E-state index in [1.807, 2.05) is 0 Å². The number of nitrogens with zero attached hydrogens (tertiary/aromatic N) is 3. The summed E-state index contributed by atoms with van der Waals surface area (Å²) in [6, 6.07) is 13.3. The van der Waals surface area contributed by atoms with Gasteiger partial charge in [-0.15, -0.1) is 9.36 Å². The minimum Gasteiger partial charge on any atom is -0.147 e. The molecule has 27 heavy (non-hydrogen) atoms. The summed E-state index contributed by atoms with van der Waals surface area (Å²) in [4.78, 5) is 5.22. The number of benzene rings is 2. The van der Waals surface area contributed by atoms with Gasteiger partial charge in [-0.25, -0.2) is 0 Å². The highest BCUT2D eigenvalue weighted by atomic mass is 15.5. The Morgan fingerprint density at radius 2 is 1.52 bits per heavy atom. The summed E-state index contributed by atoms with van der Waals surface area (Å²) in [5, 5.41) is 0. The maximum absolute atomic E-state index is 5.22. The molecule has 1 aromatic heterocycles. The molecule has 0 radical (unpaired) electrons. The summed E-state index contributed by atoms with van der Waals surface area (Å²) in [5.41, 5.74) is 7.57. The zero-order chi connectivity index (χ0) is 19.7. The Labute approximate surface area is 162 Å². The molecule has 0 unspecified atom stereocenters. The van der Waals surface area contributed by atoms with Crippen LogP contribution in [0.3, 0.4) is 0 Å². The van der Waals surface area contributed by atoms with Crippen molar-refractivity contribution in [2.45, 2.75) is 59.3 Å². The zero-order valence-electron chi connectivity index (χ0n) is 17.8. The quantitative estimate of drug-likeness (QED) is 0.568. The summed E-state index contributed by atoms with van der Waals surface area (Å²) in [7, 11) is 2.13. The van der Waals surface area contributed by atoms with Crippen LogP contribution in [0.5, 0.6) is 0 Å². The van der Waals surface area contributed by atoms with Crippen molar-refractivity contribution in [2.75, 3.05) is 0 Å². The van der Waals surface area contributed by atoms with E-state index in [1.165, 1.54) is 33.5 Å². The second kappa shape index (κ2) is 5.54. The van der Waals surface area contributed by atoms with Crippen LogP contribution < -0.4 is 4.68 Å². The van der Waals surface area contributed by atoms with E-state index in [4.69, 9.17) is 4.98 Å². The van der Waals surface area contributed by atoms with Crippen LogP contribution in [0.4, 0.5) is 0 Å². The molecule has 3 aromatic rings. The third-order valence-electron chi connectivity index (χ3n) is 6.74. The Morgan fingerprint density at radius 1 is 0.889 bits per heavy atom. The van der Waals surface area contributed by atoms with Gasteiger partial charge in [0.25, 0.3) is 5.82 Å². The van der Waals surface area contributed by atoms with Gasteiger partial charge in [-0.2, -0.15) is 0 Å². The number of para-hydroxylation sites is 1. The first-order chi connectivity index (χ1) is 12.6. The van der Waals surface area contributed by atoms with Crippen LogP contribution in [0.15, 0.2) is 36.4 Å². The summed E-state index contributed by atoms with van der Waals surface area (Å²) >= 11 is 0. The molecule has 0 aliphatic carbocycles. The maximum Gasteiger partial charge on any atom is 0.351 e. The van der Waals surface area contributed by atoms with Gasteiger partial charge in [0.05, 0.1) is 16.7 Å². The van der Waals surface area contributed by atoms with Crippen LogP contribution in [-0.2, 0) is 17.9 Å². The molecule has 2 aromatic carbocycles. The van der Waals surface area contributed by atoms with Crippen molar-refractivity contribution < 1.29 is 4.68 Å². The van der Waals surface area contributed by atoms with Crippen molar-refractivity contribution in [3.05, 3.63) is 64.5 Å². The van der Waals surface area contributed by atoms with Gasteiger partial charge in [0, 0.05) is 5.41 Å². The van der Waals surface area contributed by atoms with Crippen LogP contribution in [0.2, 0.25) is 0 Å². The van der Waals surface area contributed by atoms with Crippen LogP contribution in [0, 0.1) is 20.8 Å². The summed E-state index contributed by atoms with van der Waals surface area (Å²) < 4.78 is 4.56. The zero-order valence-corrected chi connectivity index (χ0v) is 17.8. The average Bonchev–Trinajstić information content (AvgIpc) is 2.91. The molecule has 1 aliphatic rings. The van der Waals surface area contributed by atoms with E-state index in [9.17, 15) is 0 Å². The van der Waals surface area contributed by atoms with Crippen molar-refractivity contribution in [3.63, 3.8) is 0 Å². The molecule has 0 saturated carbocycles. The molecule has 0 atom stereocenters. The van der Waals surface area contributed by atoms with Gasteiger partial charge >= 0.3 is 5.82 Å². The smallest absolute Gasteiger partial charge is 0.147 e. The Balaban J connectivity index is 2.10. The lowest BCUT2D eigenvalue weighted by atomic mass is 9.61.